The number of hydrogen-bond acceptors (Lipinski definition) is 2. The van der Waals surface area contributed by atoms with Crippen LogP contribution in [-0.2, 0) is 0 Å². The molecule has 5 heteroatoms. The second-order valence-corrected chi connectivity index (χ2v) is 3.66. The second-order valence-electron chi connectivity index (χ2n) is 3.66. The molecule has 4 nitrogen and oxygen atoms in total. The van der Waals surface area contributed by atoms with Crippen molar-refractivity contribution in [1.82, 2.24) is 9.78 Å². The van der Waals surface area contributed by atoms with E-state index in [4.69, 9.17) is 0 Å². The minimum atomic E-state index is -0.289. The van der Waals surface area contributed by atoms with Gasteiger partial charge in [-0.05, 0) is 30.3 Å². The molecule has 0 radical (unpaired) electrons. The number of rotatable bonds is 1. The van der Waals surface area contributed by atoms with Crippen molar-refractivity contribution in [3.05, 3.63) is 54.6 Å². The third-order valence-corrected chi connectivity index (χ3v) is 2.59. The van der Waals surface area contributed by atoms with Gasteiger partial charge in [-0.3, -0.25) is 5.21 Å². The highest BCUT2D eigenvalue weighted by molar-refractivity contribution is 5.72. The highest BCUT2D eigenvalue weighted by Crippen LogP contribution is 2.15. The van der Waals surface area contributed by atoms with Gasteiger partial charge in [0.1, 0.15) is 17.5 Å². The van der Waals surface area contributed by atoms with Gasteiger partial charge >= 0.3 is 5.52 Å². The van der Waals surface area contributed by atoms with Gasteiger partial charge in [-0.1, -0.05) is 0 Å². The second kappa shape index (κ2) is 3.55. The Balaban J connectivity index is 2.24. The summed E-state index contributed by atoms with van der Waals surface area (Å²) >= 11 is 0. The molecule has 1 aromatic carbocycles. The van der Waals surface area contributed by atoms with E-state index in [1.165, 1.54) is 18.3 Å². The summed E-state index contributed by atoms with van der Waals surface area (Å²) in [6, 6.07) is 9.56. The number of aromatic nitrogens is 3. The van der Waals surface area contributed by atoms with Crippen molar-refractivity contribution in [2.24, 2.45) is 0 Å². The van der Waals surface area contributed by atoms with Crippen LogP contribution in [0.4, 0.5) is 4.39 Å². The van der Waals surface area contributed by atoms with Crippen molar-refractivity contribution in [1.29, 1.82) is 0 Å². The Morgan fingerprint density at radius 1 is 1.18 bits per heavy atom. The highest BCUT2D eigenvalue weighted by atomic mass is 19.1. The molecule has 0 unspecified atom stereocenters. The minimum absolute atomic E-state index is 0.289. The highest BCUT2D eigenvalue weighted by Gasteiger charge is 2.13. The molecule has 2 heterocycles. The largest absolute Gasteiger partial charge is 0.302 e. The summed E-state index contributed by atoms with van der Waals surface area (Å²) in [5, 5.41) is 13.7. The molecule has 0 aliphatic heterocycles. The molecule has 17 heavy (non-hydrogen) atoms. The van der Waals surface area contributed by atoms with Crippen LogP contribution in [0.5, 0.6) is 0 Å². The lowest BCUT2D eigenvalue weighted by Gasteiger charge is -2.01. The Morgan fingerprint density at radius 2 is 1.94 bits per heavy atom. The average Bonchev–Trinajstić information content (AvgIpc) is 2.75. The van der Waals surface area contributed by atoms with E-state index in [2.05, 4.69) is 5.10 Å². The molecular formula is C12H9FN3O+. The third kappa shape index (κ3) is 1.52. The molecule has 0 aliphatic rings. The Hall–Kier alpha value is -2.43. The molecule has 0 atom stereocenters. The van der Waals surface area contributed by atoms with E-state index in [9.17, 15) is 9.60 Å². The van der Waals surface area contributed by atoms with Crippen LogP contribution in [0.3, 0.4) is 0 Å². The maximum atomic E-state index is 12.8. The van der Waals surface area contributed by atoms with Crippen molar-refractivity contribution < 1.29 is 14.3 Å². The van der Waals surface area contributed by atoms with E-state index in [1.807, 2.05) is 6.07 Å². The summed E-state index contributed by atoms with van der Waals surface area (Å²) in [5.41, 5.74) is 2.09. The SMILES string of the molecule is O[n+]1cccc2c1cnn2-c1ccc(F)cc1. The van der Waals surface area contributed by atoms with Gasteiger partial charge in [0.2, 0.25) is 6.20 Å². The van der Waals surface area contributed by atoms with Crippen molar-refractivity contribution in [2.75, 3.05) is 0 Å². The van der Waals surface area contributed by atoms with Gasteiger partial charge in [0.05, 0.1) is 5.69 Å². The summed E-state index contributed by atoms with van der Waals surface area (Å²) in [4.78, 5) is 0. The average molecular weight is 230 g/mol. The maximum Gasteiger partial charge on any atom is 0.302 e. The third-order valence-electron chi connectivity index (χ3n) is 2.59. The smallest absolute Gasteiger partial charge is 0.284 e. The summed E-state index contributed by atoms with van der Waals surface area (Å²) < 4.78 is 15.5. The normalized spacial score (nSPS) is 10.9. The van der Waals surface area contributed by atoms with Crippen LogP contribution in [0.2, 0.25) is 0 Å². The Labute approximate surface area is 96.1 Å². The van der Waals surface area contributed by atoms with E-state index in [0.29, 0.717) is 5.52 Å². The van der Waals surface area contributed by atoms with E-state index in [0.717, 1.165) is 15.9 Å². The molecule has 0 aliphatic carbocycles. The van der Waals surface area contributed by atoms with Crippen LogP contribution in [-0.4, -0.2) is 15.0 Å². The van der Waals surface area contributed by atoms with Crippen LogP contribution in [0, 0.1) is 5.82 Å². The first-order valence-electron chi connectivity index (χ1n) is 5.09. The van der Waals surface area contributed by atoms with Gasteiger partial charge in [-0.15, -0.1) is 0 Å². The van der Waals surface area contributed by atoms with E-state index >= 15 is 0 Å². The monoisotopic (exact) mass is 230 g/mol. The number of benzene rings is 1. The molecule has 3 aromatic rings. The fraction of sp³-hybridized carbons (Fsp3) is 0. The van der Waals surface area contributed by atoms with Crippen LogP contribution >= 0.6 is 0 Å². The Bertz CT molecular complexity index is 676. The van der Waals surface area contributed by atoms with Crippen LogP contribution in [0.15, 0.2) is 48.8 Å². The van der Waals surface area contributed by atoms with Gasteiger partial charge in [0.25, 0.3) is 0 Å². The summed E-state index contributed by atoms with van der Waals surface area (Å²) in [7, 11) is 0. The zero-order valence-electron chi connectivity index (χ0n) is 8.79. The lowest BCUT2D eigenvalue weighted by atomic mass is 10.3. The number of halogens is 1. The molecule has 2 aromatic heterocycles. The van der Waals surface area contributed by atoms with Crippen molar-refractivity contribution in [3.8, 4) is 5.69 Å². The molecule has 0 saturated carbocycles. The number of pyridine rings is 1. The Kier molecular flexibility index (Phi) is 2.04. The molecule has 1 N–H and O–H groups in total. The summed E-state index contributed by atoms with van der Waals surface area (Å²) in [6.45, 7) is 0. The maximum absolute atomic E-state index is 12.8. The van der Waals surface area contributed by atoms with Crippen molar-refractivity contribution >= 4 is 11.0 Å². The molecule has 0 fully saturated rings. The van der Waals surface area contributed by atoms with Crippen molar-refractivity contribution in [2.45, 2.75) is 0 Å². The van der Waals surface area contributed by atoms with E-state index in [1.54, 1.807) is 29.1 Å². The van der Waals surface area contributed by atoms with E-state index < -0.39 is 0 Å². The van der Waals surface area contributed by atoms with Gasteiger partial charge in [-0.2, -0.15) is 5.10 Å². The first-order valence-corrected chi connectivity index (χ1v) is 5.09. The van der Waals surface area contributed by atoms with Crippen LogP contribution in [0.25, 0.3) is 16.7 Å². The molecule has 0 bridgehead atoms. The fourth-order valence-corrected chi connectivity index (χ4v) is 1.77. The van der Waals surface area contributed by atoms with Crippen LogP contribution in [0.1, 0.15) is 0 Å². The predicted octanol–water partition coefficient (Wildman–Crippen LogP) is 1.69. The topological polar surface area (TPSA) is 41.9 Å². The zero-order chi connectivity index (χ0) is 11.8. The zero-order valence-corrected chi connectivity index (χ0v) is 8.79. The Morgan fingerprint density at radius 3 is 2.71 bits per heavy atom. The number of fused-ring (bicyclic) bond motifs is 1. The lowest BCUT2D eigenvalue weighted by molar-refractivity contribution is -0.884. The van der Waals surface area contributed by atoms with Crippen LogP contribution < -0.4 is 4.73 Å². The van der Waals surface area contributed by atoms with Gasteiger partial charge in [0.15, 0.2) is 0 Å². The minimum Gasteiger partial charge on any atom is -0.284 e. The summed E-state index contributed by atoms with van der Waals surface area (Å²) in [6.07, 6.45) is 3.08. The lowest BCUT2D eigenvalue weighted by Crippen LogP contribution is -2.29. The predicted molar refractivity (Wildman–Crippen MR) is 58.4 cm³/mol. The molecule has 0 saturated heterocycles. The standard InChI is InChI=1S/C12H9FN3O/c13-9-3-5-10(6-4-9)16-11-2-1-7-15(17)12(11)8-14-16/h1-8,17H/q+1. The quantitative estimate of drug-likeness (QED) is 0.510. The molecule has 0 spiro atoms. The fourth-order valence-electron chi connectivity index (χ4n) is 1.77. The first-order chi connectivity index (χ1) is 8.25. The van der Waals surface area contributed by atoms with Gasteiger partial charge in [-0.25, -0.2) is 9.07 Å². The first kappa shape index (κ1) is 9.77. The van der Waals surface area contributed by atoms with Crippen molar-refractivity contribution in [3.63, 3.8) is 0 Å². The molecule has 84 valence electrons. The molecule has 0 amide bonds. The molecule has 3 rings (SSSR count). The number of nitrogens with zero attached hydrogens (tertiary/aromatic N) is 3. The molecular weight excluding hydrogens is 221 g/mol. The summed E-state index contributed by atoms with van der Waals surface area (Å²) in [5.74, 6) is -0.289. The number of hydrogen-bond donors (Lipinski definition) is 1. The van der Waals surface area contributed by atoms with Gasteiger partial charge in [0, 0.05) is 10.8 Å². The van der Waals surface area contributed by atoms with E-state index in [-0.39, 0.29) is 5.82 Å². The van der Waals surface area contributed by atoms with Gasteiger partial charge < -0.3 is 0 Å².